The van der Waals surface area contributed by atoms with E-state index in [0.717, 1.165) is 31.5 Å². The molecule has 2 heterocycles. The Morgan fingerprint density at radius 1 is 1.15 bits per heavy atom. The van der Waals surface area contributed by atoms with Crippen LogP contribution in [0.4, 0.5) is 13.6 Å². The van der Waals surface area contributed by atoms with Crippen molar-refractivity contribution >= 4 is 6.03 Å². The first-order valence-electron chi connectivity index (χ1n) is 8.81. The number of nitrogens with zero attached hydrogens (tertiary/aromatic N) is 2. The zero-order valence-electron chi connectivity index (χ0n) is 14.5. The topological polar surface area (TPSA) is 46.5 Å². The Morgan fingerprint density at radius 2 is 1.81 bits per heavy atom. The largest absolute Gasteiger partial charge is 0.435 e. The summed E-state index contributed by atoms with van der Waals surface area (Å²) >= 11 is 0. The lowest BCUT2D eigenvalue weighted by Gasteiger charge is -2.32. The zero-order chi connectivity index (χ0) is 18.4. The van der Waals surface area contributed by atoms with Crippen molar-refractivity contribution in [2.45, 2.75) is 31.9 Å². The average Bonchev–Trinajstić information content (AvgIpc) is 3.17. The average molecular weight is 363 g/mol. The molecular weight excluding hydrogens is 340 g/mol. The number of alkyl halides is 2. The molecule has 0 radical (unpaired) electrons. The summed E-state index contributed by atoms with van der Waals surface area (Å²) in [6, 6.07) is 10.9. The summed E-state index contributed by atoms with van der Waals surface area (Å²) in [6.45, 7) is -0.824. The van der Waals surface area contributed by atoms with Crippen LogP contribution in [-0.2, 0) is 6.42 Å². The van der Waals surface area contributed by atoms with Crippen molar-refractivity contribution in [3.63, 3.8) is 0 Å². The highest BCUT2D eigenvalue weighted by molar-refractivity contribution is 5.74. The normalized spacial score (nSPS) is 15.3. The summed E-state index contributed by atoms with van der Waals surface area (Å²) in [7, 11) is 0. The van der Waals surface area contributed by atoms with Gasteiger partial charge in [-0.15, -0.1) is 0 Å². The number of piperidine rings is 1. The Bertz CT molecular complexity index is 681. The SMILES string of the molecule is O=C(NCCc1ccc(OC(F)F)cc1)N1CCC(n2cccc2)CC1. The fourth-order valence-corrected chi connectivity index (χ4v) is 3.22. The molecule has 140 valence electrons. The fraction of sp³-hybridized carbons (Fsp3) is 0.421. The molecule has 0 unspecified atom stereocenters. The molecule has 1 aromatic carbocycles. The maximum atomic E-state index is 12.3. The standard InChI is InChI=1S/C19H23F2N3O2/c20-18(21)26-17-5-3-15(4-6-17)7-10-22-19(25)24-13-8-16(9-14-24)23-11-1-2-12-23/h1-6,11-12,16,18H,7-10,13-14H2,(H,22,25). The fourth-order valence-electron chi connectivity index (χ4n) is 3.22. The highest BCUT2D eigenvalue weighted by atomic mass is 19.3. The lowest BCUT2D eigenvalue weighted by molar-refractivity contribution is -0.0498. The number of halogens is 2. The van der Waals surface area contributed by atoms with Crippen LogP contribution in [0.5, 0.6) is 5.75 Å². The third-order valence-electron chi connectivity index (χ3n) is 4.64. The predicted molar refractivity (Wildman–Crippen MR) is 94.5 cm³/mol. The van der Waals surface area contributed by atoms with E-state index in [1.807, 2.05) is 17.0 Å². The smallest absolute Gasteiger partial charge is 0.387 e. The summed E-state index contributed by atoms with van der Waals surface area (Å²) < 4.78 is 30.8. The van der Waals surface area contributed by atoms with Gasteiger partial charge in [0.25, 0.3) is 0 Å². The van der Waals surface area contributed by atoms with E-state index in [1.54, 1.807) is 12.1 Å². The Hall–Kier alpha value is -2.57. The van der Waals surface area contributed by atoms with Gasteiger partial charge in [-0.25, -0.2) is 4.79 Å². The van der Waals surface area contributed by atoms with Crippen LogP contribution in [0.2, 0.25) is 0 Å². The van der Waals surface area contributed by atoms with E-state index in [2.05, 4.69) is 27.0 Å². The number of benzene rings is 1. The van der Waals surface area contributed by atoms with Gasteiger partial charge in [0, 0.05) is 38.1 Å². The molecule has 0 bridgehead atoms. The van der Waals surface area contributed by atoms with Crippen molar-refractivity contribution in [1.82, 2.24) is 14.8 Å². The van der Waals surface area contributed by atoms with Gasteiger partial charge in [0.2, 0.25) is 0 Å². The lowest BCUT2D eigenvalue weighted by Crippen LogP contribution is -2.45. The van der Waals surface area contributed by atoms with Crippen LogP contribution in [-0.4, -0.2) is 41.7 Å². The summed E-state index contributed by atoms with van der Waals surface area (Å²) in [4.78, 5) is 14.1. The molecule has 1 aromatic heterocycles. The van der Waals surface area contributed by atoms with Gasteiger partial charge in [0.1, 0.15) is 5.75 Å². The van der Waals surface area contributed by atoms with Crippen molar-refractivity contribution in [3.05, 3.63) is 54.4 Å². The van der Waals surface area contributed by atoms with E-state index in [4.69, 9.17) is 0 Å². The number of rotatable bonds is 6. The highest BCUT2D eigenvalue weighted by Crippen LogP contribution is 2.22. The summed E-state index contributed by atoms with van der Waals surface area (Å²) in [5.41, 5.74) is 0.957. The molecule has 0 aliphatic carbocycles. The van der Waals surface area contributed by atoms with Crippen LogP contribution in [0, 0.1) is 0 Å². The zero-order valence-corrected chi connectivity index (χ0v) is 14.5. The molecule has 3 rings (SSSR count). The van der Waals surface area contributed by atoms with Crippen LogP contribution in [0.25, 0.3) is 0 Å². The first-order chi connectivity index (χ1) is 12.6. The quantitative estimate of drug-likeness (QED) is 0.851. The molecule has 1 fully saturated rings. The first kappa shape index (κ1) is 18.2. The Morgan fingerprint density at radius 3 is 2.42 bits per heavy atom. The van der Waals surface area contributed by atoms with Crippen LogP contribution < -0.4 is 10.1 Å². The van der Waals surface area contributed by atoms with E-state index in [-0.39, 0.29) is 11.8 Å². The number of ether oxygens (including phenoxy) is 1. The number of amides is 2. The van der Waals surface area contributed by atoms with Crippen molar-refractivity contribution in [2.24, 2.45) is 0 Å². The molecule has 7 heteroatoms. The molecule has 1 aliphatic heterocycles. The van der Waals surface area contributed by atoms with Crippen molar-refractivity contribution in [3.8, 4) is 5.75 Å². The number of aromatic nitrogens is 1. The van der Waals surface area contributed by atoms with Crippen molar-refractivity contribution < 1.29 is 18.3 Å². The maximum absolute atomic E-state index is 12.3. The molecule has 26 heavy (non-hydrogen) atoms. The highest BCUT2D eigenvalue weighted by Gasteiger charge is 2.22. The predicted octanol–water partition coefficient (Wildman–Crippen LogP) is 3.68. The number of hydrogen-bond acceptors (Lipinski definition) is 2. The van der Waals surface area contributed by atoms with Gasteiger partial charge in [0.05, 0.1) is 0 Å². The van der Waals surface area contributed by atoms with E-state index in [1.165, 1.54) is 12.1 Å². The van der Waals surface area contributed by atoms with E-state index in [0.29, 0.717) is 19.0 Å². The van der Waals surface area contributed by atoms with Crippen molar-refractivity contribution in [2.75, 3.05) is 19.6 Å². The first-order valence-corrected chi connectivity index (χ1v) is 8.81. The van der Waals surface area contributed by atoms with Crippen molar-refractivity contribution in [1.29, 1.82) is 0 Å². The third-order valence-corrected chi connectivity index (χ3v) is 4.64. The second-order valence-corrected chi connectivity index (χ2v) is 6.35. The summed E-state index contributed by atoms with van der Waals surface area (Å²) in [5.74, 6) is 0.137. The van der Waals surface area contributed by atoms with E-state index in [9.17, 15) is 13.6 Å². The number of nitrogens with one attached hydrogen (secondary N) is 1. The van der Waals surface area contributed by atoms with Gasteiger partial charge in [-0.2, -0.15) is 8.78 Å². The minimum absolute atomic E-state index is 0.0476. The van der Waals surface area contributed by atoms with Gasteiger partial charge in [-0.3, -0.25) is 0 Å². The number of likely N-dealkylation sites (tertiary alicyclic amines) is 1. The van der Waals surface area contributed by atoms with E-state index < -0.39 is 6.61 Å². The number of carbonyl (C=O) groups excluding carboxylic acids is 1. The van der Waals surface area contributed by atoms with Gasteiger partial charge >= 0.3 is 12.6 Å². The molecule has 0 saturated carbocycles. The molecular formula is C19H23F2N3O2. The van der Waals surface area contributed by atoms with Gasteiger partial charge < -0.3 is 19.5 Å². The number of hydrogen-bond donors (Lipinski definition) is 1. The van der Waals surface area contributed by atoms with Crippen LogP contribution in [0.1, 0.15) is 24.4 Å². The molecule has 2 amide bonds. The molecule has 1 N–H and O–H groups in total. The molecule has 0 spiro atoms. The lowest BCUT2D eigenvalue weighted by atomic mass is 10.1. The van der Waals surface area contributed by atoms with Gasteiger partial charge in [-0.05, 0) is 49.1 Å². The second kappa shape index (κ2) is 8.69. The molecule has 5 nitrogen and oxygen atoms in total. The summed E-state index contributed by atoms with van der Waals surface area (Å²) in [6.07, 6.45) is 6.68. The monoisotopic (exact) mass is 363 g/mol. The minimum Gasteiger partial charge on any atom is -0.435 e. The Kier molecular flexibility index (Phi) is 6.09. The third kappa shape index (κ3) is 4.97. The number of urea groups is 1. The van der Waals surface area contributed by atoms with Gasteiger partial charge in [-0.1, -0.05) is 12.1 Å². The minimum atomic E-state index is -2.82. The Balaban J connectivity index is 1.38. The number of carbonyl (C=O) groups is 1. The Labute approximate surface area is 151 Å². The summed E-state index contributed by atoms with van der Waals surface area (Å²) in [5, 5.41) is 2.93. The molecule has 0 atom stereocenters. The van der Waals surface area contributed by atoms with Gasteiger partial charge in [0.15, 0.2) is 0 Å². The molecule has 2 aromatic rings. The molecule has 1 saturated heterocycles. The van der Waals surface area contributed by atoms with Crippen LogP contribution >= 0.6 is 0 Å². The molecule has 1 aliphatic rings. The van der Waals surface area contributed by atoms with Crippen LogP contribution in [0.15, 0.2) is 48.8 Å². The maximum Gasteiger partial charge on any atom is 0.387 e. The van der Waals surface area contributed by atoms with Crippen LogP contribution in [0.3, 0.4) is 0 Å². The second-order valence-electron chi connectivity index (χ2n) is 6.35. The van der Waals surface area contributed by atoms with E-state index >= 15 is 0 Å².